The van der Waals surface area contributed by atoms with Crippen LogP contribution in [0.15, 0.2) is 36.4 Å². The lowest BCUT2D eigenvalue weighted by atomic mass is 10.1. The number of rotatable bonds is 8. The Morgan fingerprint density at radius 1 is 1.04 bits per heavy atom. The first-order valence-electron chi connectivity index (χ1n) is 7.76. The zero-order valence-electron chi connectivity index (χ0n) is 14.7. The summed E-state index contributed by atoms with van der Waals surface area (Å²) in [6, 6.07) is 10.3. The summed E-state index contributed by atoms with van der Waals surface area (Å²) in [7, 11) is 4.72. The lowest BCUT2D eigenvalue weighted by molar-refractivity contribution is -0.384. The highest BCUT2D eigenvalue weighted by atomic mass is 16.6. The molecule has 1 unspecified atom stereocenters. The molecule has 0 saturated heterocycles. The van der Waals surface area contributed by atoms with Crippen LogP contribution in [0.3, 0.4) is 0 Å². The largest absolute Gasteiger partial charge is 0.493 e. The second kappa shape index (κ2) is 8.34. The first kappa shape index (κ1) is 18.5. The second-order valence-corrected chi connectivity index (χ2v) is 5.48. The molecule has 0 heterocycles. The van der Waals surface area contributed by atoms with Crippen molar-refractivity contribution in [3.63, 3.8) is 0 Å². The van der Waals surface area contributed by atoms with Crippen LogP contribution >= 0.6 is 0 Å². The topological polar surface area (TPSA) is 82.9 Å². The number of non-ortho nitro benzene ring substituents is 1. The van der Waals surface area contributed by atoms with E-state index in [1.165, 1.54) is 12.1 Å². The van der Waals surface area contributed by atoms with Crippen LogP contribution in [-0.2, 0) is 6.54 Å². The fraction of sp³-hybridized carbons (Fsp3) is 0.333. The van der Waals surface area contributed by atoms with E-state index in [-0.39, 0.29) is 11.7 Å². The van der Waals surface area contributed by atoms with E-state index in [1.54, 1.807) is 33.5 Å². The molecular formula is C18H22N2O5. The van der Waals surface area contributed by atoms with Crippen molar-refractivity contribution >= 4 is 5.69 Å². The maximum atomic E-state index is 10.7. The Morgan fingerprint density at radius 2 is 1.60 bits per heavy atom. The van der Waals surface area contributed by atoms with Gasteiger partial charge in [-0.1, -0.05) is 12.1 Å². The highest BCUT2D eigenvalue weighted by molar-refractivity contribution is 5.54. The number of benzene rings is 2. The van der Waals surface area contributed by atoms with Gasteiger partial charge in [0, 0.05) is 24.7 Å². The molecule has 2 aromatic carbocycles. The average molecular weight is 346 g/mol. The van der Waals surface area contributed by atoms with Crippen molar-refractivity contribution < 1.29 is 19.1 Å². The normalized spacial score (nSPS) is 11.7. The van der Waals surface area contributed by atoms with Crippen LogP contribution < -0.4 is 19.5 Å². The first-order valence-corrected chi connectivity index (χ1v) is 7.76. The summed E-state index contributed by atoms with van der Waals surface area (Å²) in [6.07, 6.45) is 0. The summed E-state index contributed by atoms with van der Waals surface area (Å²) in [5.74, 6) is 1.75. The van der Waals surface area contributed by atoms with E-state index in [4.69, 9.17) is 14.2 Å². The lowest BCUT2D eigenvalue weighted by Crippen LogP contribution is -2.18. The van der Waals surface area contributed by atoms with Crippen molar-refractivity contribution in [1.29, 1.82) is 0 Å². The molecule has 7 heteroatoms. The van der Waals surface area contributed by atoms with Gasteiger partial charge in [0.25, 0.3) is 5.69 Å². The third kappa shape index (κ3) is 4.39. The molecule has 0 fully saturated rings. The summed E-state index contributed by atoms with van der Waals surface area (Å²) >= 11 is 0. The second-order valence-electron chi connectivity index (χ2n) is 5.48. The van der Waals surface area contributed by atoms with Gasteiger partial charge < -0.3 is 19.5 Å². The third-order valence-corrected chi connectivity index (χ3v) is 3.95. The molecule has 0 aliphatic rings. The Kier molecular flexibility index (Phi) is 6.19. The van der Waals surface area contributed by atoms with E-state index in [2.05, 4.69) is 5.32 Å². The van der Waals surface area contributed by atoms with Gasteiger partial charge in [-0.3, -0.25) is 10.1 Å². The molecule has 1 atom stereocenters. The Bertz CT molecular complexity index is 706. The van der Waals surface area contributed by atoms with E-state index in [9.17, 15) is 10.1 Å². The molecule has 2 rings (SSSR count). The molecule has 134 valence electrons. The maximum Gasteiger partial charge on any atom is 0.269 e. The third-order valence-electron chi connectivity index (χ3n) is 3.95. The fourth-order valence-electron chi connectivity index (χ4n) is 2.48. The molecular weight excluding hydrogens is 324 g/mol. The summed E-state index contributed by atoms with van der Waals surface area (Å²) in [5.41, 5.74) is 2.03. The number of nitrogens with zero attached hydrogens (tertiary/aromatic N) is 1. The monoisotopic (exact) mass is 346 g/mol. The predicted molar refractivity (Wildman–Crippen MR) is 94.4 cm³/mol. The minimum Gasteiger partial charge on any atom is -0.493 e. The van der Waals surface area contributed by atoms with E-state index in [0.29, 0.717) is 23.8 Å². The Hall–Kier alpha value is -2.80. The predicted octanol–water partition coefficient (Wildman–Crippen LogP) is 3.47. The molecule has 0 spiro atoms. The van der Waals surface area contributed by atoms with Gasteiger partial charge in [0.05, 0.1) is 26.3 Å². The fourth-order valence-corrected chi connectivity index (χ4v) is 2.48. The van der Waals surface area contributed by atoms with Gasteiger partial charge in [0.15, 0.2) is 11.5 Å². The number of nitro benzene ring substituents is 1. The molecule has 0 aliphatic carbocycles. The molecule has 0 aromatic heterocycles. The first-order chi connectivity index (χ1) is 12.0. The molecule has 0 saturated carbocycles. The van der Waals surface area contributed by atoms with E-state index >= 15 is 0 Å². The van der Waals surface area contributed by atoms with Crippen molar-refractivity contribution in [1.82, 2.24) is 5.32 Å². The standard InChI is InChI=1S/C18H22N2O5/c1-12(19-11-13-5-7-15(8-6-13)20(21)22)14-9-16(23-2)18(25-4)17(10-14)24-3/h5-10,12,19H,11H2,1-4H3. The number of nitrogens with one attached hydrogen (secondary N) is 1. The molecule has 0 radical (unpaired) electrons. The number of ether oxygens (including phenoxy) is 3. The van der Waals surface area contributed by atoms with Crippen LogP contribution in [0.5, 0.6) is 17.2 Å². The van der Waals surface area contributed by atoms with Crippen LogP contribution in [0, 0.1) is 10.1 Å². The molecule has 0 aliphatic heterocycles. The van der Waals surface area contributed by atoms with Gasteiger partial charge >= 0.3 is 0 Å². The minimum atomic E-state index is -0.407. The van der Waals surface area contributed by atoms with Gasteiger partial charge in [-0.2, -0.15) is 0 Å². The SMILES string of the molecule is COc1cc(C(C)NCc2ccc([N+](=O)[O-])cc2)cc(OC)c1OC. The van der Waals surface area contributed by atoms with Crippen molar-refractivity contribution in [2.45, 2.75) is 19.5 Å². The lowest BCUT2D eigenvalue weighted by Gasteiger charge is -2.19. The molecule has 2 aromatic rings. The number of hydrogen-bond donors (Lipinski definition) is 1. The van der Waals surface area contributed by atoms with Gasteiger partial charge in [-0.15, -0.1) is 0 Å². The average Bonchev–Trinajstić information content (AvgIpc) is 2.64. The number of nitro groups is 1. The smallest absolute Gasteiger partial charge is 0.269 e. The van der Waals surface area contributed by atoms with Crippen molar-refractivity contribution in [2.75, 3.05) is 21.3 Å². The Balaban J connectivity index is 2.12. The highest BCUT2D eigenvalue weighted by Crippen LogP contribution is 2.39. The van der Waals surface area contributed by atoms with Gasteiger partial charge in [-0.25, -0.2) is 0 Å². The Morgan fingerprint density at radius 3 is 2.04 bits per heavy atom. The number of hydrogen-bond acceptors (Lipinski definition) is 6. The van der Waals surface area contributed by atoms with E-state index < -0.39 is 4.92 Å². The molecule has 25 heavy (non-hydrogen) atoms. The van der Waals surface area contributed by atoms with Crippen LogP contribution in [0.1, 0.15) is 24.1 Å². The summed E-state index contributed by atoms with van der Waals surface area (Å²) in [6.45, 7) is 2.60. The van der Waals surface area contributed by atoms with Crippen molar-refractivity contribution in [2.24, 2.45) is 0 Å². The molecule has 1 N–H and O–H groups in total. The van der Waals surface area contributed by atoms with E-state index in [0.717, 1.165) is 11.1 Å². The van der Waals surface area contributed by atoms with Crippen LogP contribution in [0.2, 0.25) is 0 Å². The van der Waals surface area contributed by atoms with Gasteiger partial charge in [0.1, 0.15) is 0 Å². The van der Waals surface area contributed by atoms with Crippen LogP contribution in [0.4, 0.5) is 5.69 Å². The highest BCUT2D eigenvalue weighted by Gasteiger charge is 2.16. The quantitative estimate of drug-likeness (QED) is 0.582. The summed E-state index contributed by atoms with van der Waals surface area (Å²) in [4.78, 5) is 10.3. The zero-order valence-corrected chi connectivity index (χ0v) is 14.7. The zero-order chi connectivity index (χ0) is 18.4. The maximum absolute atomic E-state index is 10.7. The number of methoxy groups -OCH3 is 3. The van der Waals surface area contributed by atoms with Gasteiger partial charge in [0.2, 0.25) is 5.75 Å². The molecule has 0 amide bonds. The van der Waals surface area contributed by atoms with Crippen LogP contribution in [-0.4, -0.2) is 26.3 Å². The molecule has 7 nitrogen and oxygen atoms in total. The van der Waals surface area contributed by atoms with Crippen molar-refractivity contribution in [3.8, 4) is 17.2 Å². The van der Waals surface area contributed by atoms with Gasteiger partial charge in [-0.05, 0) is 30.2 Å². The minimum absolute atomic E-state index is 0.0175. The summed E-state index contributed by atoms with van der Waals surface area (Å²) in [5, 5.41) is 14.1. The van der Waals surface area contributed by atoms with Crippen molar-refractivity contribution in [3.05, 3.63) is 57.6 Å². The molecule has 0 bridgehead atoms. The van der Waals surface area contributed by atoms with Crippen LogP contribution in [0.25, 0.3) is 0 Å². The van der Waals surface area contributed by atoms with E-state index in [1.807, 2.05) is 19.1 Å². The summed E-state index contributed by atoms with van der Waals surface area (Å²) < 4.78 is 16.1. The Labute approximate surface area is 146 Å².